The number of unbranched alkanes of at least 4 members (excludes halogenated alkanes) is 1. The first-order chi connectivity index (χ1) is 70.7. The number of halogens is 8. The van der Waals surface area contributed by atoms with Crippen molar-refractivity contribution in [2.45, 2.75) is 331 Å². The summed E-state index contributed by atoms with van der Waals surface area (Å²) in [6.45, 7) is 15.3. The second kappa shape index (κ2) is 37.6. The van der Waals surface area contributed by atoms with Crippen molar-refractivity contribution in [2.75, 3.05) is 39.3 Å². The molecule has 147 heavy (non-hydrogen) atoms. The zero-order valence-corrected chi connectivity index (χ0v) is 86.7. The highest BCUT2D eigenvalue weighted by atomic mass is 79.9. The molecule has 766 valence electrons. The van der Waals surface area contributed by atoms with E-state index in [2.05, 4.69) is 204 Å². The van der Waals surface area contributed by atoms with Crippen LogP contribution in [0.4, 0.5) is 26.3 Å². The largest absolute Gasteiger partial charge is 0.449 e. The minimum Gasteiger partial charge on any atom is -0.449 e. The average Bonchev–Trinajstić information content (AvgIpc) is 1.57. The number of nitrogens with zero attached hydrogens (tertiary/aromatic N) is 6. The molecule has 18 aliphatic heterocycles. The van der Waals surface area contributed by atoms with Crippen LogP contribution in [-0.2, 0) is 81.4 Å². The molecule has 6 spiro atoms. The third-order valence-electron chi connectivity index (χ3n) is 36.5. The summed E-state index contributed by atoms with van der Waals surface area (Å²) in [7, 11) is 0. The fraction of sp³-hybridized carbons (Fsp3) is 0.488. The molecule has 5 aromatic carbocycles. The van der Waals surface area contributed by atoms with Gasteiger partial charge >= 0.3 is 48.2 Å². The molecule has 24 aliphatic rings. The summed E-state index contributed by atoms with van der Waals surface area (Å²) in [6.07, 6.45) is 43.7. The van der Waals surface area contributed by atoms with Crippen LogP contribution in [0.5, 0.6) is 0 Å². The Hall–Kier alpha value is -10.3. The maximum Gasteiger partial charge on any atom is 0.416 e. The number of hydrogen-bond donors (Lipinski definition) is 0. The van der Waals surface area contributed by atoms with Crippen molar-refractivity contribution in [1.82, 2.24) is 29.4 Å². The summed E-state index contributed by atoms with van der Waals surface area (Å²) in [5.74, 6) is 5.23. The summed E-state index contributed by atoms with van der Waals surface area (Å²) in [5.41, 5.74) is 12.5. The molecule has 18 atom stereocenters. The van der Waals surface area contributed by atoms with Gasteiger partial charge in [-0.15, -0.1) is 0 Å². The topological polar surface area (TPSA) is 177 Å². The fourth-order valence-electron chi connectivity index (χ4n) is 30.6. The van der Waals surface area contributed by atoms with Gasteiger partial charge in [0, 0.05) is 166 Å². The molecule has 18 nitrogen and oxygen atoms in total. The highest BCUT2D eigenvalue weighted by molar-refractivity contribution is 9.11. The molecule has 0 saturated carbocycles. The maximum atomic E-state index is 13.4. The summed E-state index contributed by atoms with van der Waals surface area (Å²) in [6, 6.07) is 40.9. The summed E-state index contributed by atoms with van der Waals surface area (Å²) < 4.78 is 118. The van der Waals surface area contributed by atoms with E-state index in [1.165, 1.54) is 141 Å². The van der Waals surface area contributed by atoms with Crippen molar-refractivity contribution in [2.24, 2.45) is 0 Å². The number of benzene rings is 5. The van der Waals surface area contributed by atoms with E-state index in [9.17, 15) is 55.1 Å². The molecule has 26 heteroatoms. The van der Waals surface area contributed by atoms with Crippen LogP contribution >= 0.6 is 31.9 Å². The van der Waals surface area contributed by atoms with Gasteiger partial charge < -0.3 is 28.4 Å². The van der Waals surface area contributed by atoms with Crippen molar-refractivity contribution in [1.29, 1.82) is 0 Å². The van der Waals surface area contributed by atoms with Crippen LogP contribution in [-0.4, -0.2) is 211 Å². The standard InChI is InChI=1S/C23H27NO2.C22H21NO2.C21H17F6NO2.C19H17Br2NO2.C19H19NO2.C17H23NO2/c1-22(2,3)16-9-7-15(8-10-16)18-12-17-14-23(19(18)13-21(25)26-23)20-6-4-5-11-24(17)20;24-21-14-19-17(10-6-9-16-7-2-1-3-8-16)13-18-15-22(19,25-21)20-11-4-5-12-23(18)20;22-20(23,24)12-5-11(6-13(7-12)21(25,26)27)15-8-14-10-19(16(15)9-18(29)30-19)17-3-1-2-4-28(14)17;20-12-5-11(6-13(21)7-12)15-8-14-10-19(16(15)9-18(23)24-19)17-3-1-2-4-22(14)17;21-18-11-16-15(13-6-2-1-3-7-13)10-14-12-19(16,22-18)17-8-4-5-9-20(14)17;1-2-3-6-12-9-13-11-17(14(12)10-16(19)20-17)15-7-4-5-8-18(13)15/h7-10,12-13,17,20H,4-6,11,14H2,1-3H3;1-3,7-8,13-14,18,20H,4-5,9,11-12,15H2;5-9,14,17H,1-4,10H2;5-9,14,17H,1-4,10H2;1-3,6-7,10-11,14,17H,4-5,8-9,12H2;9-10,13,15H,2-8,11H2,1H3/t17-,20-,23+;18-,20-,22+;3*14-,17-,19+;13-,15-,17+/m111111/s1. The van der Waals surface area contributed by atoms with Crippen molar-refractivity contribution in [3.05, 3.63) is 292 Å². The molecule has 5 aromatic rings. The quantitative estimate of drug-likeness (QED) is 0.0619. The molecule has 12 fully saturated rings. The third-order valence-corrected chi connectivity index (χ3v) is 37.4. The first-order valence-corrected chi connectivity index (χ1v) is 55.3. The fourth-order valence-corrected chi connectivity index (χ4v) is 31.9. The number of piperidine rings is 6. The molecule has 0 amide bonds. The molecule has 0 unspecified atom stereocenters. The monoisotopic (exact) mass is 2120 g/mol. The number of alkyl halides is 6. The van der Waals surface area contributed by atoms with Crippen LogP contribution in [0.3, 0.4) is 0 Å². The number of hydrogen-bond acceptors (Lipinski definition) is 18. The van der Waals surface area contributed by atoms with Gasteiger partial charge in [-0.3, -0.25) is 29.4 Å². The Kier molecular flexibility index (Phi) is 25.3. The molecule has 12 bridgehead atoms. The van der Waals surface area contributed by atoms with Gasteiger partial charge in [0.25, 0.3) is 0 Å². The predicted octanol–water partition coefficient (Wildman–Crippen LogP) is 22.6. The molecule has 12 saturated heterocycles. The second-order valence-electron chi connectivity index (χ2n) is 45.6. The molecule has 18 heterocycles. The van der Waals surface area contributed by atoms with E-state index in [4.69, 9.17) is 28.4 Å². The van der Waals surface area contributed by atoms with Crippen LogP contribution in [0.15, 0.2) is 248 Å². The Morgan fingerprint density at radius 1 is 0.340 bits per heavy atom. The van der Waals surface area contributed by atoms with Gasteiger partial charge in [0.1, 0.15) is 0 Å². The van der Waals surface area contributed by atoms with E-state index >= 15 is 0 Å². The Balaban J connectivity index is 0.0000000947. The number of rotatable bonds is 8. The van der Waals surface area contributed by atoms with Crippen molar-refractivity contribution in [3.63, 3.8) is 0 Å². The van der Waals surface area contributed by atoms with Gasteiger partial charge in [0.05, 0.1) is 47.4 Å². The van der Waals surface area contributed by atoms with Crippen LogP contribution in [0.1, 0.15) is 246 Å². The van der Waals surface area contributed by atoms with Gasteiger partial charge in [-0.25, -0.2) is 28.8 Å². The van der Waals surface area contributed by atoms with E-state index in [1.807, 2.05) is 30.3 Å². The molecule has 6 aliphatic carbocycles. The minimum atomic E-state index is -4.93. The van der Waals surface area contributed by atoms with Crippen LogP contribution in [0.25, 0.3) is 22.3 Å². The average molecular weight is 2130 g/mol. The molecule has 0 radical (unpaired) electrons. The first-order valence-electron chi connectivity index (χ1n) is 53.8. The van der Waals surface area contributed by atoms with Gasteiger partial charge in [0.2, 0.25) is 0 Å². The zero-order valence-electron chi connectivity index (χ0n) is 83.6. The number of fused-ring (bicyclic) bond motifs is 18. The van der Waals surface area contributed by atoms with E-state index in [0.717, 1.165) is 183 Å². The maximum absolute atomic E-state index is 13.4. The van der Waals surface area contributed by atoms with Crippen molar-refractivity contribution >= 4 is 90.0 Å². The number of esters is 6. The molecular formula is C121H124Br2F6N6O12. The van der Waals surface area contributed by atoms with Gasteiger partial charge in [-0.1, -0.05) is 238 Å². The Labute approximate surface area is 871 Å². The normalized spacial score (nSPS) is 34.1. The summed E-state index contributed by atoms with van der Waals surface area (Å²) >= 11 is 7.17. The molecule has 29 rings (SSSR count). The van der Waals surface area contributed by atoms with E-state index in [1.54, 1.807) is 36.5 Å². The van der Waals surface area contributed by atoms with Gasteiger partial charge in [-0.2, -0.15) is 26.3 Å². The Morgan fingerprint density at radius 3 is 1.00 bits per heavy atom. The smallest absolute Gasteiger partial charge is 0.416 e. The Bertz CT molecular complexity index is 6700. The van der Waals surface area contributed by atoms with E-state index < -0.39 is 51.9 Å². The lowest BCUT2D eigenvalue weighted by Gasteiger charge is -2.38. The minimum absolute atomic E-state index is 0.115. The highest BCUT2D eigenvalue weighted by Gasteiger charge is 2.69. The van der Waals surface area contributed by atoms with Crippen molar-refractivity contribution < 1.29 is 83.5 Å². The summed E-state index contributed by atoms with van der Waals surface area (Å²) in [5, 5.41) is 0. The molecule has 0 aromatic heterocycles. The van der Waals surface area contributed by atoms with Crippen LogP contribution in [0, 0.1) is 11.8 Å². The lowest BCUT2D eigenvalue weighted by molar-refractivity contribution is -0.149. The van der Waals surface area contributed by atoms with Crippen LogP contribution < -0.4 is 0 Å². The van der Waals surface area contributed by atoms with E-state index in [0.29, 0.717) is 72.4 Å². The molecular weight excluding hydrogens is 2000 g/mol. The third kappa shape index (κ3) is 17.0. The number of carbonyl (C=O) groups excluding carboxylic acids is 6. The van der Waals surface area contributed by atoms with Crippen LogP contribution in [0.2, 0.25) is 0 Å². The summed E-state index contributed by atoms with van der Waals surface area (Å²) in [4.78, 5) is 87.9. The van der Waals surface area contributed by atoms with Crippen molar-refractivity contribution in [3.8, 4) is 11.8 Å². The second-order valence-corrected chi connectivity index (χ2v) is 47.5. The Morgan fingerprint density at radius 2 is 0.646 bits per heavy atom. The molecule has 0 N–H and O–H groups in total. The van der Waals surface area contributed by atoms with Gasteiger partial charge in [0.15, 0.2) is 33.6 Å². The lowest BCUT2D eigenvalue weighted by Crippen LogP contribution is -2.48. The number of ether oxygens (including phenoxy) is 6. The predicted molar refractivity (Wildman–Crippen MR) is 553 cm³/mol. The van der Waals surface area contributed by atoms with Gasteiger partial charge in [-0.05, 0) is 232 Å². The van der Waals surface area contributed by atoms with E-state index in [-0.39, 0.29) is 75.8 Å². The highest BCUT2D eigenvalue weighted by Crippen LogP contribution is 2.64. The SMILES string of the molecule is CC(C)(C)c1ccc(C2=C[C@@H]3C[C@@]4(OC(=O)C=C24)[C@H]2CCCCN32)cc1.CCCCC1=C[C@@H]2C[C@@]3(OC(=O)C=C13)[C@H]1CCCCN21.O=C1C=C2C(C#CCc3ccccc3)=C[C@@H]3C[C@@]2(O1)[C@H]1CCCCN31.O=C1C=C2C(c3cc(Br)cc(Br)c3)=C[C@@H]3C[C@@]2(O1)[C@H]1CCCCN31.O=C1C=C2C(c3cc(C(F)(F)F)cc(C(F)(F)F)c3)=C[C@@H]3C[C@@]2(O1)[C@H]1CCCCN31.O=C1C=C2C(c3ccccc3)=C[C@@H]3C[C@@]2(O1)[C@H]1CCCCN31. The number of carbonyl (C=O) groups is 6. The lowest BCUT2D eigenvalue weighted by atomic mass is 9.74. The zero-order chi connectivity index (χ0) is 101. The first kappa shape index (κ1) is 98.7.